The predicted molar refractivity (Wildman–Crippen MR) is 70.1 cm³/mol. The molecule has 1 aromatic rings. The lowest BCUT2D eigenvalue weighted by Gasteiger charge is -2.46. The Morgan fingerprint density at radius 3 is 2.78 bits per heavy atom. The number of piperazine rings is 3. The highest BCUT2D eigenvalue weighted by Gasteiger charge is 2.34. The van der Waals surface area contributed by atoms with Crippen LogP contribution in [-0.2, 0) is 6.42 Å². The molecule has 0 radical (unpaired) electrons. The molecule has 3 fully saturated rings. The largest absolute Gasteiger partial charge is 0.328 e. The highest BCUT2D eigenvalue weighted by Crippen LogP contribution is 2.26. The van der Waals surface area contributed by atoms with E-state index in [4.69, 9.17) is 10.7 Å². The van der Waals surface area contributed by atoms with Crippen molar-refractivity contribution in [1.82, 2.24) is 19.8 Å². The standard InChI is InChI=1S/C13H21N5/c1-10(14)8-11-2-3-15-13(16-11)12-9-17-4-6-18(12)7-5-17/h2-3,10,12H,4-9,14H2,1H3. The highest BCUT2D eigenvalue weighted by atomic mass is 15.4. The molecule has 5 nitrogen and oxygen atoms in total. The molecule has 18 heavy (non-hydrogen) atoms. The van der Waals surface area contributed by atoms with Crippen molar-refractivity contribution in [2.24, 2.45) is 5.73 Å². The van der Waals surface area contributed by atoms with E-state index < -0.39 is 0 Å². The molecule has 2 atom stereocenters. The molecule has 98 valence electrons. The van der Waals surface area contributed by atoms with E-state index >= 15 is 0 Å². The minimum absolute atomic E-state index is 0.152. The van der Waals surface area contributed by atoms with Crippen LogP contribution in [-0.4, -0.2) is 58.5 Å². The average Bonchev–Trinajstić information content (AvgIpc) is 2.39. The molecule has 0 amide bonds. The van der Waals surface area contributed by atoms with Crippen LogP contribution in [0.1, 0.15) is 24.5 Å². The van der Waals surface area contributed by atoms with E-state index in [1.54, 1.807) is 0 Å². The van der Waals surface area contributed by atoms with Gasteiger partial charge in [-0.05, 0) is 13.0 Å². The van der Waals surface area contributed by atoms with Gasteiger partial charge in [-0.15, -0.1) is 0 Å². The lowest BCUT2D eigenvalue weighted by atomic mass is 10.1. The van der Waals surface area contributed by atoms with E-state index in [9.17, 15) is 0 Å². The van der Waals surface area contributed by atoms with E-state index in [0.29, 0.717) is 6.04 Å². The van der Waals surface area contributed by atoms with Crippen molar-refractivity contribution in [1.29, 1.82) is 0 Å². The number of nitrogens with zero attached hydrogens (tertiary/aromatic N) is 4. The van der Waals surface area contributed by atoms with Crippen LogP contribution in [0, 0.1) is 0 Å². The average molecular weight is 247 g/mol. The van der Waals surface area contributed by atoms with Gasteiger partial charge in [0, 0.05) is 57.1 Å². The lowest BCUT2D eigenvalue weighted by molar-refractivity contribution is 0.00855. The van der Waals surface area contributed by atoms with Gasteiger partial charge in [0.25, 0.3) is 0 Å². The normalized spacial score (nSPS) is 32.4. The van der Waals surface area contributed by atoms with Gasteiger partial charge in [-0.25, -0.2) is 9.97 Å². The second-order valence-corrected chi connectivity index (χ2v) is 5.44. The molecule has 0 aliphatic carbocycles. The van der Waals surface area contributed by atoms with Gasteiger partial charge < -0.3 is 5.73 Å². The Morgan fingerprint density at radius 2 is 2.17 bits per heavy atom. The van der Waals surface area contributed by atoms with Crippen LogP contribution in [0.3, 0.4) is 0 Å². The number of hydrogen-bond acceptors (Lipinski definition) is 5. The summed E-state index contributed by atoms with van der Waals surface area (Å²) < 4.78 is 0. The molecule has 0 saturated carbocycles. The second-order valence-electron chi connectivity index (χ2n) is 5.44. The molecule has 3 aliphatic rings. The van der Waals surface area contributed by atoms with Crippen molar-refractivity contribution < 1.29 is 0 Å². The molecule has 1 aromatic heterocycles. The fraction of sp³-hybridized carbons (Fsp3) is 0.692. The monoisotopic (exact) mass is 247 g/mol. The Morgan fingerprint density at radius 1 is 1.39 bits per heavy atom. The highest BCUT2D eigenvalue weighted by molar-refractivity contribution is 5.09. The number of hydrogen-bond donors (Lipinski definition) is 1. The Balaban J connectivity index is 1.79. The van der Waals surface area contributed by atoms with E-state index in [1.165, 1.54) is 13.1 Å². The lowest BCUT2D eigenvalue weighted by Crippen LogP contribution is -2.57. The second kappa shape index (κ2) is 4.91. The maximum Gasteiger partial charge on any atom is 0.146 e. The van der Waals surface area contributed by atoms with Crippen molar-refractivity contribution >= 4 is 0 Å². The van der Waals surface area contributed by atoms with E-state index in [1.807, 2.05) is 19.2 Å². The molecule has 4 heterocycles. The molecule has 4 rings (SSSR count). The number of nitrogens with two attached hydrogens (primary N) is 1. The molecule has 0 spiro atoms. The summed E-state index contributed by atoms with van der Waals surface area (Å²) in [5.41, 5.74) is 6.90. The quantitative estimate of drug-likeness (QED) is 0.817. The topological polar surface area (TPSA) is 58.3 Å². The van der Waals surface area contributed by atoms with Crippen molar-refractivity contribution in [3.05, 3.63) is 23.8 Å². The van der Waals surface area contributed by atoms with E-state index in [0.717, 1.165) is 37.6 Å². The van der Waals surface area contributed by atoms with Crippen LogP contribution in [0.5, 0.6) is 0 Å². The van der Waals surface area contributed by atoms with Crippen LogP contribution in [0.2, 0.25) is 0 Å². The molecule has 3 aliphatic heterocycles. The molecular weight excluding hydrogens is 226 g/mol. The predicted octanol–water partition coefficient (Wildman–Crippen LogP) is 0.0386. The van der Waals surface area contributed by atoms with Gasteiger partial charge in [-0.3, -0.25) is 9.80 Å². The van der Waals surface area contributed by atoms with Gasteiger partial charge in [0.2, 0.25) is 0 Å². The number of aromatic nitrogens is 2. The zero-order valence-electron chi connectivity index (χ0n) is 10.9. The summed E-state index contributed by atoms with van der Waals surface area (Å²) in [6, 6.07) is 2.50. The first-order valence-electron chi connectivity index (χ1n) is 6.76. The summed E-state index contributed by atoms with van der Waals surface area (Å²) in [7, 11) is 0. The molecular formula is C13H21N5. The van der Waals surface area contributed by atoms with E-state index in [2.05, 4.69) is 14.8 Å². The van der Waals surface area contributed by atoms with Crippen molar-refractivity contribution in [3.63, 3.8) is 0 Å². The molecule has 3 saturated heterocycles. The van der Waals surface area contributed by atoms with Crippen LogP contribution < -0.4 is 5.73 Å². The third-order valence-corrected chi connectivity index (χ3v) is 3.84. The van der Waals surface area contributed by atoms with Crippen LogP contribution in [0.15, 0.2) is 12.3 Å². The molecule has 2 unspecified atom stereocenters. The SMILES string of the molecule is CC(N)Cc1ccnc(C2CN3CCN2CC3)n1. The summed E-state index contributed by atoms with van der Waals surface area (Å²) in [6.45, 7) is 7.75. The Kier molecular flexibility index (Phi) is 3.28. The van der Waals surface area contributed by atoms with Crippen molar-refractivity contribution in [3.8, 4) is 0 Å². The smallest absolute Gasteiger partial charge is 0.146 e. The van der Waals surface area contributed by atoms with Crippen molar-refractivity contribution in [2.75, 3.05) is 32.7 Å². The molecule has 0 aromatic carbocycles. The summed E-state index contributed by atoms with van der Waals surface area (Å²) in [5, 5.41) is 0. The number of fused-ring (bicyclic) bond motifs is 3. The van der Waals surface area contributed by atoms with Gasteiger partial charge in [0.15, 0.2) is 0 Å². The summed E-state index contributed by atoms with van der Waals surface area (Å²) in [6.07, 6.45) is 2.70. The fourth-order valence-corrected chi connectivity index (χ4v) is 2.88. The maximum absolute atomic E-state index is 5.83. The minimum Gasteiger partial charge on any atom is -0.328 e. The zero-order chi connectivity index (χ0) is 12.5. The first-order chi connectivity index (χ1) is 8.72. The minimum atomic E-state index is 0.152. The van der Waals surface area contributed by atoms with Gasteiger partial charge in [0.1, 0.15) is 5.82 Å². The van der Waals surface area contributed by atoms with Crippen molar-refractivity contribution in [2.45, 2.75) is 25.4 Å². The first kappa shape index (κ1) is 12.0. The van der Waals surface area contributed by atoms with Crippen LogP contribution in [0.4, 0.5) is 0 Å². The third-order valence-electron chi connectivity index (χ3n) is 3.84. The van der Waals surface area contributed by atoms with Gasteiger partial charge >= 0.3 is 0 Å². The summed E-state index contributed by atoms with van der Waals surface area (Å²) >= 11 is 0. The molecule has 2 bridgehead atoms. The molecule has 5 heteroatoms. The Labute approximate surface area is 108 Å². The zero-order valence-corrected chi connectivity index (χ0v) is 10.9. The van der Waals surface area contributed by atoms with Crippen LogP contribution in [0.25, 0.3) is 0 Å². The van der Waals surface area contributed by atoms with Gasteiger partial charge in [-0.1, -0.05) is 0 Å². The van der Waals surface area contributed by atoms with Crippen LogP contribution >= 0.6 is 0 Å². The maximum atomic E-state index is 5.83. The third kappa shape index (κ3) is 2.39. The first-order valence-corrected chi connectivity index (χ1v) is 6.76. The Bertz CT molecular complexity index is 412. The van der Waals surface area contributed by atoms with Gasteiger partial charge in [-0.2, -0.15) is 0 Å². The van der Waals surface area contributed by atoms with E-state index in [-0.39, 0.29) is 6.04 Å². The molecule has 2 N–H and O–H groups in total. The summed E-state index contributed by atoms with van der Waals surface area (Å²) in [5.74, 6) is 0.970. The fourth-order valence-electron chi connectivity index (χ4n) is 2.88. The van der Waals surface area contributed by atoms with Gasteiger partial charge in [0.05, 0.1) is 6.04 Å². The summed E-state index contributed by atoms with van der Waals surface area (Å²) in [4.78, 5) is 14.2. The Hall–Kier alpha value is -1.04. The number of rotatable bonds is 3.